The molecule has 0 saturated heterocycles. The van der Waals surface area contributed by atoms with Crippen molar-refractivity contribution in [2.24, 2.45) is 0 Å². The zero-order valence-corrected chi connectivity index (χ0v) is 10.1. The number of hydrogen-bond donors (Lipinski definition) is 0. The van der Waals surface area contributed by atoms with E-state index in [1.807, 2.05) is 0 Å². The van der Waals surface area contributed by atoms with Crippen molar-refractivity contribution in [3.8, 4) is 11.1 Å². The highest BCUT2D eigenvalue weighted by molar-refractivity contribution is 5.67. The van der Waals surface area contributed by atoms with E-state index in [2.05, 4.69) is 0 Å². The maximum atomic E-state index is 14.4. The highest BCUT2D eigenvalue weighted by atomic mass is 19.1. The highest BCUT2D eigenvalue weighted by Gasteiger charge is 2.22. The molecule has 96 valence electrons. The summed E-state index contributed by atoms with van der Waals surface area (Å²) in [6, 6.07) is 9.24. The number of hydrogen-bond acceptors (Lipinski definition) is 0. The monoisotopic (exact) mass is 260 g/mol. The van der Waals surface area contributed by atoms with E-state index in [1.165, 1.54) is 12.1 Å². The Balaban J connectivity index is 2.12. The molecule has 3 rings (SSSR count). The lowest BCUT2D eigenvalue weighted by Crippen LogP contribution is -1.93. The second-order valence-corrected chi connectivity index (χ2v) is 4.70. The van der Waals surface area contributed by atoms with Crippen LogP contribution in [0.5, 0.6) is 0 Å². The zero-order chi connectivity index (χ0) is 13.4. The normalized spacial score (nSPS) is 15.8. The van der Waals surface area contributed by atoms with E-state index in [0.29, 0.717) is 41.4 Å². The van der Waals surface area contributed by atoms with Crippen molar-refractivity contribution in [1.29, 1.82) is 0 Å². The Hall–Kier alpha value is -2.03. The first-order valence-electron chi connectivity index (χ1n) is 6.03. The van der Waals surface area contributed by atoms with Gasteiger partial charge in [0.25, 0.3) is 0 Å². The van der Waals surface area contributed by atoms with E-state index in [9.17, 15) is 13.2 Å². The fourth-order valence-corrected chi connectivity index (χ4v) is 2.51. The van der Waals surface area contributed by atoms with Crippen molar-refractivity contribution in [1.82, 2.24) is 0 Å². The van der Waals surface area contributed by atoms with Gasteiger partial charge in [0.1, 0.15) is 11.6 Å². The molecule has 0 bridgehead atoms. The van der Waals surface area contributed by atoms with E-state index in [-0.39, 0.29) is 5.82 Å². The topological polar surface area (TPSA) is 0 Å². The quantitative estimate of drug-likeness (QED) is 0.703. The van der Waals surface area contributed by atoms with E-state index in [0.717, 1.165) is 5.56 Å². The maximum absolute atomic E-state index is 14.4. The standard InChI is InChI=1S/C16H11F3/c17-9-10-6-12-4-5-14(16(19)15(12)7-10)11-2-1-3-13(18)8-11/h1-5,8-9H,6-7H2/b10-9-. The Morgan fingerprint density at radius 2 is 1.84 bits per heavy atom. The summed E-state index contributed by atoms with van der Waals surface area (Å²) in [6.07, 6.45) is 1.29. The van der Waals surface area contributed by atoms with Crippen molar-refractivity contribution >= 4 is 0 Å². The van der Waals surface area contributed by atoms with E-state index in [1.54, 1.807) is 24.3 Å². The first kappa shape index (κ1) is 12.0. The molecule has 0 N–H and O–H groups in total. The predicted molar refractivity (Wildman–Crippen MR) is 68.4 cm³/mol. The number of allylic oxidation sites excluding steroid dienone is 1. The van der Waals surface area contributed by atoms with Gasteiger partial charge in [0.15, 0.2) is 0 Å². The van der Waals surface area contributed by atoms with Crippen molar-refractivity contribution in [3.63, 3.8) is 0 Å². The van der Waals surface area contributed by atoms with Gasteiger partial charge in [0.05, 0.1) is 6.33 Å². The van der Waals surface area contributed by atoms with Crippen LogP contribution in [0.25, 0.3) is 11.1 Å². The third kappa shape index (κ3) is 2.05. The minimum absolute atomic E-state index is 0.292. The van der Waals surface area contributed by atoms with Gasteiger partial charge in [-0.1, -0.05) is 24.3 Å². The van der Waals surface area contributed by atoms with Gasteiger partial charge in [-0.15, -0.1) is 0 Å². The average molecular weight is 260 g/mol. The van der Waals surface area contributed by atoms with Gasteiger partial charge in [0.2, 0.25) is 0 Å². The molecule has 2 aromatic rings. The molecule has 0 nitrogen and oxygen atoms in total. The molecule has 19 heavy (non-hydrogen) atoms. The van der Waals surface area contributed by atoms with Crippen LogP contribution < -0.4 is 0 Å². The van der Waals surface area contributed by atoms with Crippen LogP contribution in [0.2, 0.25) is 0 Å². The van der Waals surface area contributed by atoms with Gasteiger partial charge in [-0.2, -0.15) is 0 Å². The summed E-state index contributed by atoms with van der Waals surface area (Å²) >= 11 is 0. The summed E-state index contributed by atoms with van der Waals surface area (Å²) in [5.41, 5.74) is 2.76. The Labute approximate surface area is 109 Å². The van der Waals surface area contributed by atoms with Crippen LogP contribution in [0, 0.1) is 11.6 Å². The van der Waals surface area contributed by atoms with Gasteiger partial charge >= 0.3 is 0 Å². The molecule has 0 unspecified atom stereocenters. The Bertz CT molecular complexity index is 672. The molecule has 0 saturated carbocycles. The Kier molecular flexibility index (Phi) is 2.90. The number of benzene rings is 2. The molecule has 0 atom stereocenters. The molecule has 3 heteroatoms. The molecule has 0 radical (unpaired) electrons. The second-order valence-electron chi connectivity index (χ2n) is 4.70. The lowest BCUT2D eigenvalue weighted by Gasteiger charge is -2.08. The lowest BCUT2D eigenvalue weighted by molar-refractivity contribution is 0.616. The first-order valence-corrected chi connectivity index (χ1v) is 6.03. The minimum Gasteiger partial charge on any atom is -0.216 e. The first-order chi connectivity index (χ1) is 9.19. The maximum Gasteiger partial charge on any atom is 0.134 e. The van der Waals surface area contributed by atoms with Gasteiger partial charge < -0.3 is 0 Å². The summed E-state index contributed by atoms with van der Waals surface area (Å²) in [7, 11) is 0. The molecule has 2 aromatic carbocycles. The van der Waals surface area contributed by atoms with Crippen LogP contribution in [-0.2, 0) is 12.8 Å². The largest absolute Gasteiger partial charge is 0.216 e. The van der Waals surface area contributed by atoms with Crippen LogP contribution in [0.1, 0.15) is 11.1 Å². The van der Waals surface area contributed by atoms with Gasteiger partial charge in [-0.25, -0.2) is 13.2 Å². The number of rotatable bonds is 1. The van der Waals surface area contributed by atoms with E-state index < -0.39 is 5.82 Å². The fourth-order valence-electron chi connectivity index (χ4n) is 2.51. The van der Waals surface area contributed by atoms with Crippen LogP contribution in [-0.4, -0.2) is 0 Å². The van der Waals surface area contributed by atoms with Gasteiger partial charge in [-0.3, -0.25) is 0 Å². The third-order valence-corrected chi connectivity index (χ3v) is 3.45. The van der Waals surface area contributed by atoms with Gasteiger partial charge in [0, 0.05) is 5.56 Å². The molecule has 0 aliphatic heterocycles. The van der Waals surface area contributed by atoms with Crippen LogP contribution in [0.15, 0.2) is 48.3 Å². The smallest absolute Gasteiger partial charge is 0.134 e. The van der Waals surface area contributed by atoms with Crippen molar-refractivity contribution in [2.45, 2.75) is 12.8 Å². The van der Waals surface area contributed by atoms with E-state index >= 15 is 0 Å². The molecule has 0 fully saturated rings. The van der Waals surface area contributed by atoms with Crippen LogP contribution >= 0.6 is 0 Å². The molecular formula is C16H11F3. The Morgan fingerprint density at radius 1 is 1.00 bits per heavy atom. The number of fused-ring (bicyclic) bond motifs is 1. The molecule has 0 heterocycles. The van der Waals surface area contributed by atoms with Gasteiger partial charge in [-0.05, 0) is 47.2 Å². The lowest BCUT2D eigenvalue weighted by atomic mass is 9.99. The summed E-state index contributed by atoms with van der Waals surface area (Å²) in [5.74, 6) is -0.776. The molecule has 1 aliphatic rings. The highest BCUT2D eigenvalue weighted by Crippen LogP contribution is 2.34. The molecular weight excluding hydrogens is 249 g/mol. The minimum atomic E-state index is -0.401. The predicted octanol–water partition coefficient (Wildman–Crippen LogP) is 4.58. The summed E-state index contributed by atoms with van der Waals surface area (Å²) < 4.78 is 40.2. The van der Waals surface area contributed by atoms with Crippen molar-refractivity contribution < 1.29 is 13.2 Å². The molecule has 0 amide bonds. The molecule has 0 spiro atoms. The summed E-state index contributed by atoms with van der Waals surface area (Å²) in [4.78, 5) is 0. The average Bonchev–Trinajstić information content (AvgIpc) is 2.83. The zero-order valence-electron chi connectivity index (χ0n) is 10.1. The molecule has 1 aliphatic carbocycles. The summed E-state index contributed by atoms with van der Waals surface area (Å²) in [5, 5.41) is 0. The van der Waals surface area contributed by atoms with E-state index in [4.69, 9.17) is 0 Å². The SMILES string of the molecule is F/C=C1/Cc2ccc(-c3cccc(F)c3)c(F)c2C1. The van der Waals surface area contributed by atoms with Crippen LogP contribution in [0.4, 0.5) is 13.2 Å². The van der Waals surface area contributed by atoms with Crippen molar-refractivity contribution in [2.75, 3.05) is 0 Å². The third-order valence-electron chi connectivity index (χ3n) is 3.45. The molecule has 0 aromatic heterocycles. The fraction of sp³-hybridized carbons (Fsp3) is 0.125. The van der Waals surface area contributed by atoms with Crippen molar-refractivity contribution in [3.05, 3.63) is 71.1 Å². The second kappa shape index (κ2) is 4.57. The van der Waals surface area contributed by atoms with Crippen LogP contribution in [0.3, 0.4) is 0 Å². The Morgan fingerprint density at radius 3 is 2.58 bits per heavy atom. The summed E-state index contributed by atoms with van der Waals surface area (Å²) in [6.45, 7) is 0. The number of halogens is 3.